The molecular weight excluding hydrogens is 430 g/mol. The maximum atomic E-state index is 12.6. The fourth-order valence-electron chi connectivity index (χ4n) is 4.48. The first-order valence-corrected chi connectivity index (χ1v) is 11.7. The summed E-state index contributed by atoms with van der Waals surface area (Å²) in [5.41, 5.74) is 1.51. The SMILES string of the molecule is COc1ccc(C(=O)NCC2CCC(Nc3nc(N(C)C)c4ccccc4n3)CC2)cc1OC. The smallest absolute Gasteiger partial charge is 0.251 e. The zero-order valence-electron chi connectivity index (χ0n) is 20.3. The molecule has 2 N–H and O–H groups in total. The van der Waals surface area contributed by atoms with E-state index in [1.165, 1.54) is 0 Å². The number of hydrogen-bond acceptors (Lipinski definition) is 7. The molecule has 0 spiro atoms. The summed E-state index contributed by atoms with van der Waals surface area (Å²) in [7, 11) is 7.15. The number of rotatable bonds is 8. The number of amides is 1. The van der Waals surface area contributed by atoms with Crippen molar-refractivity contribution in [2.45, 2.75) is 31.7 Å². The van der Waals surface area contributed by atoms with E-state index in [-0.39, 0.29) is 5.91 Å². The van der Waals surface area contributed by atoms with E-state index in [2.05, 4.69) is 16.7 Å². The van der Waals surface area contributed by atoms with Crippen LogP contribution in [0.3, 0.4) is 0 Å². The highest BCUT2D eigenvalue weighted by Gasteiger charge is 2.23. The van der Waals surface area contributed by atoms with Crippen molar-refractivity contribution >= 4 is 28.6 Å². The van der Waals surface area contributed by atoms with Crippen molar-refractivity contribution in [2.24, 2.45) is 5.92 Å². The predicted octanol–water partition coefficient (Wildman–Crippen LogP) is 4.11. The number of hydrogen-bond donors (Lipinski definition) is 2. The van der Waals surface area contributed by atoms with Crippen LogP contribution in [0.15, 0.2) is 42.5 Å². The lowest BCUT2D eigenvalue weighted by atomic mass is 9.86. The molecule has 0 saturated heterocycles. The Labute approximate surface area is 200 Å². The second kappa shape index (κ2) is 10.6. The molecule has 0 unspecified atom stereocenters. The number of benzene rings is 2. The Balaban J connectivity index is 1.31. The van der Waals surface area contributed by atoms with Crippen LogP contribution in [-0.2, 0) is 0 Å². The van der Waals surface area contributed by atoms with Crippen molar-refractivity contribution < 1.29 is 14.3 Å². The van der Waals surface area contributed by atoms with Crippen LogP contribution in [-0.4, -0.2) is 56.8 Å². The Kier molecular flexibility index (Phi) is 7.35. The van der Waals surface area contributed by atoms with Crippen LogP contribution in [0.5, 0.6) is 11.5 Å². The third-order valence-corrected chi connectivity index (χ3v) is 6.38. The fraction of sp³-hybridized carbons (Fsp3) is 0.423. The lowest BCUT2D eigenvalue weighted by molar-refractivity contribution is 0.0943. The van der Waals surface area contributed by atoms with Crippen LogP contribution in [0, 0.1) is 5.92 Å². The number of para-hydroxylation sites is 1. The van der Waals surface area contributed by atoms with Gasteiger partial charge < -0.3 is 25.0 Å². The summed E-state index contributed by atoms with van der Waals surface area (Å²) in [6.45, 7) is 0.664. The molecule has 34 heavy (non-hydrogen) atoms. The Morgan fingerprint density at radius 2 is 1.74 bits per heavy atom. The van der Waals surface area contributed by atoms with E-state index in [1.807, 2.05) is 37.2 Å². The molecule has 1 heterocycles. The molecule has 4 rings (SSSR count). The van der Waals surface area contributed by atoms with Crippen molar-refractivity contribution in [2.75, 3.05) is 45.1 Å². The standard InChI is InChI=1S/C26H33N5O3/c1-31(2)24-20-7-5-6-8-21(20)29-26(30-24)28-19-12-9-17(10-13-19)16-27-25(32)18-11-14-22(33-3)23(15-18)34-4/h5-8,11,14-15,17,19H,9-10,12-13,16H2,1-4H3,(H,27,32)(H,28,29,30). The maximum Gasteiger partial charge on any atom is 0.251 e. The number of methoxy groups -OCH3 is 2. The molecule has 8 heteroatoms. The summed E-state index contributed by atoms with van der Waals surface area (Å²) in [4.78, 5) is 24.1. The molecule has 0 aliphatic heterocycles. The maximum absolute atomic E-state index is 12.6. The van der Waals surface area contributed by atoms with Crippen molar-refractivity contribution in [1.82, 2.24) is 15.3 Å². The Morgan fingerprint density at radius 3 is 2.44 bits per heavy atom. The van der Waals surface area contributed by atoms with Gasteiger partial charge in [0.15, 0.2) is 11.5 Å². The molecule has 1 amide bonds. The predicted molar refractivity (Wildman–Crippen MR) is 135 cm³/mol. The summed E-state index contributed by atoms with van der Waals surface area (Å²) in [6, 6.07) is 13.6. The number of nitrogens with one attached hydrogen (secondary N) is 2. The van der Waals surface area contributed by atoms with Gasteiger partial charge >= 0.3 is 0 Å². The van der Waals surface area contributed by atoms with E-state index in [4.69, 9.17) is 19.4 Å². The van der Waals surface area contributed by atoms with Crippen molar-refractivity contribution in [3.05, 3.63) is 48.0 Å². The van der Waals surface area contributed by atoms with Gasteiger partial charge in [-0.2, -0.15) is 4.98 Å². The second-order valence-corrected chi connectivity index (χ2v) is 8.92. The molecule has 2 aromatic carbocycles. The van der Waals surface area contributed by atoms with Gasteiger partial charge in [0.25, 0.3) is 5.91 Å². The molecular formula is C26H33N5O3. The molecule has 0 atom stereocenters. The van der Waals surface area contributed by atoms with Gasteiger partial charge in [0, 0.05) is 37.6 Å². The van der Waals surface area contributed by atoms with Gasteiger partial charge in [0.05, 0.1) is 19.7 Å². The third-order valence-electron chi connectivity index (χ3n) is 6.38. The lowest BCUT2D eigenvalue weighted by Gasteiger charge is -2.29. The molecule has 1 aliphatic rings. The van der Waals surface area contributed by atoms with Crippen LogP contribution in [0.2, 0.25) is 0 Å². The van der Waals surface area contributed by atoms with Gasteiger partial charge in [-0.3, -0.25) is 4.79 Å². The van der Waals surface area contributed by atoms with Gasteiger partial charge in [0.1, 0.15) is 5.82 Å². The summed E-state index contributed by atoms with van der Waals surface area (Å²) in [5.74, 6) is 3.11. The first kappa shape index (κ1) is 23.6. The van der Waals surface area contributed by atoms with Gasteiger partial charge in [0.2, 0.25) is 5.95 Å². The van der Waals surface area contributed by atoms with Gasteiger partial charge in [-0.05, 0) is 61.9 Å². The molecule has 3 aromatic rings. The summed E-state index contributed by atoms with van der Waals surface area (Å²) >= 11 is 0. The monoisotopic (exact) mass is 463 g/mol. The zero-order chi connectivity index (χ0) is 24.1. The van der Waals surface area contributed by atoms with Crippen molar-refractivity contribution in [3.8, 4) is 11.5 Å². The van der Waals surface area contributed by atoms with Gasteiger partial charge in [-0.1, -0.05) is 12.1 Å². The fourth-order valence-corrected chi connectivity index (χ4v) is 4.48. The highest BCUT2D eigenvalue weighted by molar-refractivity contribution is 5.95. The molecule has 180 valence electrons. The van der Waals surface area contributed by atoms with E-state index in [1.54, 1.807) is 32.4 Å². The molecule has 1 fully saturated rings. The number of fused-ring (bicyclic) bond motifs is 1. The van der Waals surface area contributed by atoms with E-state index in [9.17, 15) is 4.79 Å². The number of carbonyl (C=O) groups is 1. The number of anilines is 2. The molecule has 0 radical (unpaired) electrons. The number of ether oxygens (including phenoxy) is 2. The third kappa shape index (κ3) is 5.32. The van der Waals surface area contributed by atoms with Crippen LogP contribution in [0.4, 0.5) is 11.8 Å². The topological polar surface area (TPSA) is 88.6 Å². The van der Waals surface area contributed by atoms with Crippen LogP contribution < -0.4 is 25.0 Å². The van der Waals surface area contributed by atoms with Gasteiger partial charge in [-0.15, -0.1) is 0 Å². The molecule has 1 aliphatic carbocycles. The normalized spacial score (nSPS) is 17.8. The van der Waals surface area contributed by atoms with Crippen LogP contribution in [0.1, 0.15) is 36.0 Å². The first-order chi connectivity index (χ1) is 16.5. The minimum Gasteiger partial charge on any atom is -0.493 e. The first-order valence-electron chi connectivity index (χ1n) is 11.7. The van der Waals surface area contributed by atoms with Crippen molar-refractivity contribution in [1.29, 1.82) is 0 Å². The minimum absolute atomic E-state index is 0.0954. The Hall–Kier alpha value is -3.55. The summed E-state index contributed by atoms with van der Waals surface area (Å²) < 4.78 is 10.5. The molecule has 8 nitrogen and oxygen atoms in total. The van der Waals surface area contributed by atoms with Crippen LogP contribution in [0.25, 0.3) is 10.9 Å². The number of carbonyl (C=O) groups excluding carboxylic acids is 1. The highest BCUT2D eigenvalue weighted by atomic mass is 16.5. The second-order valence-electron chi connectivity index (χ2n) is 8.92. The molecule has 0 bridgehead atoms. The highest BCUT2D eigenvalue weighted by Crippen LogP contribution is 2.29. The summed E-state index contributed by atoms with van der Waals surface area (Å²) in [5, 5.41) is 7.67. The average Bonchev–Trinajstić information content (AvgIpc) is 2.87. The molecule has 1 aromatic heterocycles. The van der Waals surface area contributed by atoms with E-state index in [0.29, 0.717) is 41.5 Å². The van der Waals surface area contributed by atoms with Crippen LogP contribution >= 0.6 is 0 Å². The molecule has 1 saturated carbocycles. The summed E-state index contributed by atoms with van der Waals surface area (Å²) in [6.07, 6.45) is 4.12. The average molecular weight is 464 g/mol. The zero-order valence-corrected chi connectivity index (χ0v) is 20.3. The van der Waals surface area contributed by atoms with E-state index in [0.717, 1.165) is 42.4 Å². The minimum atomic E-state index is -0.0954. The van der Waals surface area contributed by atoms with E-state index < -0.39 is 0 Å². The number of nitrogens with zero attached hydrogens (tertiary/aromatic N) is 3. The lowest BCUT2D eigenvalue weighted by Crippen LogP contribution is -2.34. The quantitative estimate of drug-likeness (QED) is 0.520. The van der Waals surface area contributed by atoms with Crippen molar-refractivity contribution in [3.63, 3.8) is 0 Å². The van der Waals surface area contributed by atoms with Gasteiger partial charge in [-0.25, -0.2) is 4.98 Å². The number of aromatic nitrogens is 2. The Morgan fingerprint density at radius 1 is 1.00 bits per heavy atom. The largest absolute Gasteiger partial charge is 0.493 e. The van der Waals surface area contributed by atoms with E-state index >= 15 is 0 Å². The Bertz CT molecular complexity index is 1140.